The summed E-state index contributed by atoms with van der Waals surface area (Å²) in [6.07, 6.45) is 0. The molecule has 3 rings (SSSR count). The van der Waals surface area contributed by atoms with E-state index in [-0.39, 0.29) is 17.2 Å². The van der Waals surface area contributed by atoms with Gasteiger partial charge < -0.3 is 4.90 Å². The van der Waals surface area contributed by atoms with Crippen molar-refractivity contribution in [2.75, 3.05) is 18.8 Å². The Bertz CT molecular complexity index is 1030. The maximum absolute atomic E-state index is 12.9. The molecule has 3 aromatic heterocycles. The predicted octanol–water partition coefficient (Wildman–Crippen LogP) is 4.24. The Kier molecular flexibility index (Phi) is 6.18. The molecule has 0 aliphatic rings. The number of amides is 1. The highest BCUT2D eigenvalue weighted by atomic mass is 32.2. The molecule has 3 heterocycles. The van der Waals surface area contributed by atoms with Gasteiger partial charge in [-0.05, 0) is 25.3 Å². The van der Waals surface area contributed by atoms with Crippen molar-refractivity contribution in [1.82, 2.24) is 14.5 Å². The van der Waals surface area contributed by atoms with Gasteiger partial charge in [0, 0.05) is 36.0 Å². The fraction of sp³-hybridized carbons (Fsp3) is 0.316. The van der Waals surface area contributed by atoms with Gasteiger partial charge in [-0.1, -0.05) is 30.0 Å². The van der Waals surface area contributed by atoms with Crippen LogP contribution in [-0.4, -0.2) is 39.2 Å². The zero-order chi connectivity index (χ0) is 19.6. The zero-order valence-electron chi connectivity index (χ0n) is 15.5. The van der Waals surface area contributed by atoms with Crippen molar-refractivity contribution in [3.8, 4) is 10.4 Å². The van der Waals surface area contributed by atoms with Crippen LogP contribution < -0.4 is 5.56 Å². The van der Waals surface area contributed by atoms with Crippen LogP contribution in [0.2, 0.25) is 0 Å². The van der Waals surface area contributed by atoms with E-state index in [0.29, 0.717) is 28.5 Å². The summed E-state index contributed by atoms with van der Waals surface area (Å²) >= 11 is 4.37. The molecule has 8 heteroatoms. The Labute approximate surface area is 170 Å². The van der Waals surface area contributed by atoms with Gasteiger partial charge >= 0.3 is 0 Å². The lowest BCUT2D eigenvalue weighted by Gasteiger charge is -2.20. The fourth-order valence-electron chi connectivity index (χ4n) is 2.72. The SMILES string of the molecule is C=C(C)CN(CC)C(=O)CSc1nc2scc(-c3cccs3)c2c(=O)n1C. The van der Waals surface area contributed by atoms with Crippen LogP contribution in [0.1, 0.15) is 13.8 Å². The van der Waals surface area contributed by atoms with Crippen molar-refractivity contribution in [2.24, 2.45) is 7.05 Å². The normalized spacial score (nSPS) is 11.1. The van der Waals surface area contributed by atoms with E-state index >= 15 is 0 Å². The van der Waals surface area contributed by atoms with Crippen LogP contribution in [0.25, 0.3) is 20.7 Å². The van der Waals surface area contributed by atoms with Gasteiger partial charge in [0.25, 0.3) is 5.56 Å². The first-order chi connectivity index (χ1) is 12.9. The Morgan fingerprint density at radius 3 is 2.81 bits per heavy atom. The quantitative estimate of drug-likeness (QED) is 0.327. The van der Waals surface area contributed by atoms with E-state index in [1.54, 1.807) is 27.9 Å². The number of carbonyl (C=O) groups is 1. The molecule has 0 aliphatic carbocycles. The van der Waals surface area contributed by atoms with Gasteiger partial charge in [0.05, 0.1) is 11.1 Å². The standard InChI is InChI=1S/C19H21N3O2S3/c1-5-22(9-12(2)3)15(23)11-27-19-20-17-16(18(24)21(19)4)13(10-26-17)14-7-6-8-25-14/h6-8,10H,2,5,9,11H2,1,3-4H3. The summed E-state index contributed by atoms with van der Waals surface area (Å²) in [6, 6.07) is 3.98. The lowest BCUT2D eigenvalue weighted by Crippen LogP contribution is -2.33. The van der Waals surface area contributed by atoms with Gasteiger partial charge in [-0.25, -0.2) is 4.98 Å². The summed E-state index contributed by atoms with van der Waals surface area (Å²) in [7, 11) is 1.71. The smallest absolute Gasteiger partial charge is 0.263 e. The van der Waals surface area contributed by atoms with Gasteiger partial charge in [0.1, 0.15) is 4.83 Å². The number of fused-ring (bicyclic) bond motifs is 1. The van der Waals surface area contributed by atoms with E-state index in [4.69, 9.17) is 0 Å². The van der Waals surface area contributed by atoms with E-state index in [2.05, 4.69) is 11.6 Å². The molecule has 3 aromatic rings. The molecule has 1 amide bonds. The maximum atomic E-state index is 12.9. The molecule has 0 aromatic carbocycles. The molecule has 0 atom stereocenters. The van der Waals surface area contributed by atoms with Crippen LogP contribution in [0.3, 0.4) is 0 Å². The van der Waals surface area contributed by atoms with Crippen LogP contribution >= 0.6 is 34.4 Å². The molecule has 0 spiro atoms. The third kappa shape index (κ3) is 4.17. The zero-order valence-corrected chi connectivity index (χ0v) is 18.0. The highest BCUT2D eigenvalue weighted by Crippen LogP contribution is 2.34. The molecule has 27 heavy (non-hydrogen) atoms. The largest absolute Gasteiger partial charge is 0.338 e. The van der Waals surface area contributed by atoms with Crippen molar-refractivity contribution in [2.45, 2.75) is 19.0 Å². The van der Waals surface area contributed by atoms with Crippen molar-refractivity contribution in [3.63, 3.8) is 0 Å². The third-order valence-corrected chi connectivity index (χ3v) is 6.87. The summed E-state index contributed by atoms with van der Waals surface area (Å²) < 4.78 is 1.54. The molecule has 0 radical (unpaired) electrons. The number of hydrogen-bond acceptors (Lipinski definition) is 6. The van der Waals surface area contributed by atoms with Gasteiger partial charge in [0.15, 0.2) is 5.16 Å². The molecule has 0 saturated heterocycles. The summed E-state index contributed by atoms with van der Waals surface area (Å²) in [5, 5.41) is 5.19. The van der Waals surface area contributed by atoms with E-state index in [0.717, 1.165) is 16.0 Å². The minimum absolute atomic E-state index is 0.0188. The second-order valence-corrected chi connectivity index (χ2v) is 8.97. The number of nitrogens with zero attached hydrogens (tertiary/aromatic N) is 3. The van der Waals surface area contributed by atoms with Crippen LogP contribution in [0, 0.1) is 0 Å². The first-order valence-corrected chi connectivity index (χ1v) is 11.2. The van der Waals surface area contributed by atoms with E-state index in [1.165, 1.54) is 23.1 Å². The molecule has 0 unspecified atom stereocenters. The molecule has 0 saturated carbocycles. The average molecular weight is 420 g/mol. The molecule has 0 N–H and O–H groups in total. The Morgan fingerprint density at radius 2 is 2.19 bits per heavy atom. The number of thiophene rings is 2. The Balaban J connectivity index is 1.86. The first-order valence-electron chi connectivity index (χ1n) is 8.49. The van der Waals surface area contributed by atoms with Crippen LogP contribution in [-0.2, 0) is 11.8 Å². The van der Waals surface area contributed by atoms with Gasteiger partial charge in [0.2, 0.25) is 5.91 Å². The minimum atomic E-state index is -0.0751. The highest BCUT2D eigenvalue weighted by molar-refractivity contribution is 7.99. The van der Waals surface area contributed by atoms with E-state index in [1.807, 2.05) is 36.7 Å². The molecular weight excluding hydrogens is 398 g/mol. The number of aromatic nitrogens is 2. The summed E-state index contributed by atoms with van der Waals surface area (Å²) in [4.78, 5) is 33.6. The predicted molar refractivity (Wildman–Crippen MR) is 116 cm³/mol. The fourth-order valence-corrected chi connectivity index (χ4v) is 5.39. The first kappa shape index (κ1) is 19.9. The van der Waals surface area contributed by atoms with Gasteiger partial charge in [-0.15, -0.1) is 22.7 Å². The third-order valence-electron chi connectivity index (χ3n) is 4.08. The second-order valence-electron chi connectivity index (χ2n) is 6.22. The average Bonchev–Trinajstić information content (AvgIpc) is 3.30. The summed E-state index contributed by atoms with van der Waals surface area (Å²) in [6.45, 7) is 8.91. The molecule has 0 fully saturated rings. The van der Waals surface area contributed by atoms with E-state index < -0.39 is 0 Å². The number of rotatable bonds is 7. The van der Waals surface area contributed by atoms with E-state index in [9.17, 15) is 9.59 Å². The summed E-state index contributed by atoms with van der Waals surface area (Å²) in [5.41, 5.74) is 1.81. The molecular formula is C19H21N3O2S3. The van der Waals surface area contributed by atoms with Crippen LogP contribution in [0.5, 0.6) is 0 Å². The molecule has 0 aliphatic heterocycles. The van der Waals surface area contributed by atoms with Crippen molar-refractivity contribution in [3.05, 3.63) is 45.4 Å². The number of likely N-dealkylation sites (N-methyl/N-ethyl adjacent to an activating group) is 1. The van der Waals surface area contributed by atoms with Crippen LogP contribution in [0.4, 0.5) is 0 Å². The number of hydrogen-bond donors (Lipinski definition) is 0. The maximum Gasteiger partial charge on any atom is 0.263 e. The van der Waals surface area contributed by atoms with Gasteiger partial charge in [-0.2, -0.15) is 0 Å². The Morgan fingerprint density at radius 1 is 1.41 bits per heavy atom. The monoisotopic (exact) mass is 419 g/mol. The number of carbonyl (C=O) groups excluding carboxylic acids is 1. The lowest BCUT2D eigenvalue weighted by molar-refractivity contribution is -0.127. The molecule has 5 nitrogen and oxygen atoms in total. The minimum Gasteiger partial charge on any atom is -0.338 e. The van der Waals surface area contributed by atoms with Crippen LogP contribution in [0.15, 0.2) is 45.0 Å². The lowest BCUT2D eigenvalue weighted by atomic mass is 10.2. The van der Waals surface area contributed by atoms with Crippen molar-refractivity contribution < 1.29 is 4.79 Å². The Hall–Kier alpha value is -1.90. The number of thioether (sulfide) groups is 1. The molecule has 0 bridgehead atoms. The molecule has 142 valence electrons. The van der Waals surface area contributed by atoms with Crippen molar-refractivity contribution >= 4 is 50.6 Å². The van der Waals surface area contributed by atoms with Crippen molar-refractivity contribution in [1.29, 1.82) is 0 Å². The second kappa shape index (κ2) is 8.41. The summed E-state index contributed by atoms with van der Waals surface area (Å²) in [5.74, 6) is 0.265. The topological polar surface area (TPSA) is 55.2 Å². The van der Waals surface area contributed by atoms with Gasteiger partial charge in [-0.3, -0.25) is 14.2 Å². The highest BCUT2D eigenvalue weighted by Gasteiger charge is 2.18.